The molecule has 0 saturated heterocycles. The molecule has 0 aromatic heterocycles. The van der Waals surface area contributed by atoms with Crippen LogP contribution < -0.4 is 0 Å². The molecule has 4 heteroatoms. The summed E-state index contributed by atoms with van der Waals surface area (Å²) >= 11 is 0. The quantitative estimate of drug-likeness (QED) is 0.457. The number of aliphatic hydroxyl groups excluding tert-OH is 3. The first-order valence-corrected chi connectivity index (χ1v) is 3.22. The van der Waals surface area contributed by atoms with Crippen LogP contribution in [-0.4, -0.2) is 47.3 Å². The van der Waals surface area contributed by atoms with Crippen molar-refractivity contribution in [1.82, 2.24) is 0 Å². The van der Waals surface area contributed by atoms with Crippen LogP contribution in [-0.2, 0) is 4.74 Å². The molecule has 0 bridgehead atoms. The Balaban J connectivity index is 3.41. The molecular formula is C6H14O4. The Kier molecular flexibility index (Phi) is 5.52. The van der Waals surface area contributed by atoms with Crippen LogP contribution in [0.3, 0.4) is 0 Å². The van der Waals surface area contributed by atoms with Crippen molar-refractivity contribution in [1.29, 1.82) is 0 Å². The summed E-state index contributed by atoms with van der Waals surface area (Å²) in [5.74, 6) is 0. The van der Waals surface area contributed by atoms with E-state index in [9.17, 15) is 0 Å². The normalized spacial score (nSPS) is 14.1. The maximum atomic E-state index is 8.50. The third-order valence-electron chi connectivity index (χ3n) is 1.09. The molecule has 0 radical (unpaired) electrons. The molecule has 4 nitrogen and oxygen atoms in total. The predicted molar refractivity (Wildman–Crippen MR) is 35.6 cm³/mol. The molecule has 0 aromatic carbocycles. The first-order valence-electron chi connectivity index (χ1n) is 3.22. The van der Waals surface area contributed by atoms with Gasteiger partial charge in [-0.3, -0.25) is 0 Å². The molecular weight excluding hydrogens is 136 g/mol. The fraction of sp³-hybridized carbons (Fsp3) is 1.00. The van der Waals surface area contributed by atoms with Gasteiger partial charge in [-0.1, -0.05) is 0 Å². The van der Waals surface area contributed by atoms with Crippen molar-refractivity contribution >= 4 is 0 Å². The molecule has 0 spiro atoms. The Morgan fingerprint density at radius 1 is 1.10 bits per heavy atom. The van der Waals surface area contributed by atoms with E-state index in [1.54, 1.807) is 6.92 Å². The molecule has 10 heavy (non-hydrogen) atoms. The molecule has 0 unspecified atom stereocenters. The molecule has 0 rings (SSSR count). The molecule has 62 valence electrons. The molecule has 0 aliphatic carbocycles. The Hall–Kier alpha value is -0.160. The minimum absolute atomic E-state index is 0.101. The zero-order chi connectivity index (χ0) is 7.98. The monoisotopic (exact) mass is 150 g/mol. The molecule has 0 aliphatic heterocycles. The molecule has 0 aromatic rings. The Morgan fingerprint density at radius 2 is 1.60 bits per heavy atom. The third-order valence-corrected chi connectivity index (χ3v) is 1.09. The van der Waals surface area contributed by atoms with Crippen molar-refractivity contribution in [2.24, 2.45) is 0 Å². The lowest BCUT2D eigenvalue weighted by atomic mass is 10.3. The lowest BCUT2D eigenvalue weighted by molar-refractivity contribution is -0.0721. The highest BCUT2D eigenvalue weighted by molar-refractivity contribution is 4.55. The summed E-state index contributed by atoms with van der Waals surface area (Å²) in [6.45, 7) is 1.12. The fourth-order valence-electron chi connectivity index (χ4n) is 0.515. The van der Waals surface area contributed by atoms with Crippen LogP contribution in [0.1, 0.15) is 6.92 Å². The van der Waals surface area contributed by atoms with Crippen molar-refractivity contribution in [3.63, 3.8) is 0 Å². The van der Waals surface area contributed by atoms with Gasteiger partial charge in [-0.15, -0.1) is 0 Å². The Bertz CT molecular complexity index is 72.1. The standard InChI is InChI=1S/C6H14O4/c1-5(2-7)10-6(3-8)4-9/h5-9H,2-4H2,1H3/t5-/m0/s1. The third kappa shape index (κ3) is 3.79. The van der Waals surface area contributed by atoms with E-state index >= 15 is 0 Å². The summed E-state index contributed by atoms with van der Waals surface area (Å²) in [4.78, 5) is 0. The van der Waals surface area contributed by atoms with Crippen LogP contribution in [0.15, 0.2) is 0 Å². The maximum absolute atomic E-state index is 8.50. The smallest absolute Gasteiger partial charge is 0.104 e. The van der Waals surface area contributed by atoms with Crippen LogP contribution in [0, 0.1) is 0 Å². The van der Waals surface area contributed by atoms with E-state index in [2.05, 4.69) is 0 Å². The topological polar surface area (TPSA) is 69.9 Å². The lowest BCUT2D eigenvalue weighted by Gasteiger charge is -2.16. The molecule has 0 saturated carbocycles. The summed E-state index contributed by atoms with van der Waals surface area (Å²) in [6.07, 6.45) is -0.897. The van der Waals surface area contributed by atoms with E-state index in [0.29, 0.717) is 0 Å². The van der Waals surface area contributed by atoms with Crippen molar-refractivity contribution < 1.29 is 20.1 Å². The van der Waals surface area contributed by atoms with Crippen molar-refractivity contribution in [3.05, 3.63) is 0 Å². The van der Waals surface area contributed by atoms with Gasteiger partial charge in [0.15, 0.2) is 0 Å². The highest BCUT2D eigenvalue weighted by Gasteiger charge is 2.09. The second kappa shape index (κ2) is 5.61. The van der Waals surface area contributed by atoms with Gasteiger partial charge in [0.25, 0.3) is 0 Å². The number of rotatable bonds is 5. The highest BCUT2D eigenvalue weighted by Crippen LogP contribution is 1.95. The second-order valence-electron chi connectivity index (χ2n) is 2.12. The van der Waals surface area contributed by atoms with Crippen molar-refractivity contribution in [2.45, 2.75) is 19.1 Å². The number of hydrogen-bond donors (Lipinski definition) is 3. The summed E-state index contributed by atoms with van der Waals surface area (Å²) in [7, 11) is 0. The van der Waals surface area contributed by atoms with E-state index in [4.69, 9.17) is 20.1 Å². The summed E-state index contributed by atoms with van der Waals surface area (Å²) < 4.78 is 4.95. The SMILES string of the molecule is C[C@@H](CO)OC(CO)CO. The second-order valence-corrected chi connectivity index (χ2v) is 2.12. The summed E-state index contributed by atoms with van der Waals surface area (Å²) in [5.41, 5.74) is 0. The Labute approximate surface area is 60.1 Å². The van der Waals surface area contributed by atoms with Crippen LogP contribution in [0.5, 0.6) is 0 Å². The van der Waals surface area contributed by atoms with Crippen molar-refractivity contribution in [2.75, 3.05) is 19.8 Å². The van der Waals surface area contributed by atoms with E-state index in [0.717, 1.165) is 0 Å². The molecule has 1 atom stereocenters. The largest absolute Gasteiger partial charge is 0.394 e. The van der Waals surface area contributed by atoms with Crippen molar-refractivity contribution in [3.8, 4) is 0 Å². The molecule has 0 amide bonds. The number of ether oxygens (including phenoxy) is 1. The fourth-order valence-corrected chi connectivity index (χ4v) is 0.515. The molecule has 0 heterocycles. The van der Waals surface area contributed by atoms with Gasteiger partial charge in [-0.05, 0) is 6.92 Å². The molecule has 0 fully saturated rings. The predicted octanol–water partition coefficient (Wildman–Crippen LogP) is -1.26. The van der Waals surface area contributed by atoms with Gasteiger partial charge in [0.05, 0.1) is 25.9 Å². The van der Waals surface area contributed by atoms with Gasteiger partial charge in [0.2, 0.25) is 0 Å². The zero-order valence-electron chi connectivity index (χ0n) is 6.03. The summed E-state index contributed by atoms with van der Waals surface area (Å²) in [5, 5.41) is 25.5. The first-order chi connectivity index (χ1) is 4.74. The van der Waals surface area contributed by atoms with E-state index < -0.39 is 6.10 Å². The van der Waals surface area contributed by atoms with Gasteiger partial charge in [0.1, 0.15) is 6.10 Å². The Morgan fingerprint density at radius 3 is 1.90 bits per heavy atom. The van der Waals surface area contributed by atoms with Gasteiger partial charge in [0, 0.05) is 0 Å². The average Bonchev–Trinajstić information content (AvgIpc) is 1.99. The average molecular weight is 150 g/mol. The van der Waals surface area contributed by atoms with Gasteiger partial charge in [-0.2, -0.15) is 0 Å². The number of aliphatic hydroxyl groups is 3. The van der Waals surface area contributed by atoms with Crippen LogP contribution in [0.2, 0.25) is 0 Å². The van der Waals surface area contributed by atoms with Crippen LogP contribution >= 0.6 is 0 Å². The minimum atomic E-state index is -0.567. The van der Waals surface area contributed by atoms with Crippen LogP contribution in [0.25, 0.3) is 0 Å². The number of hydrogen-bond acceptors (Lipinski definition) is 4. The van der Waals surface area contributed by atoms with E-state index in [1.807, 2.05) is 0 Å². The molecule has 3 N–H and O–H groups in total. The van der Waals surface area contributed by atoms with Gasteiger partial charge < -0.3 is 20.1 Å². The zero-order valence-corrected chi connectivity index (χ0v) is 6.03. The van der Waals surface area contributed by atoms with Gasteiger partial charge in [-0.25, -0.2) is 0 Å². The first kappa shape index (κ1) is 9.84. The molecule has 0 aliphatic rings. The van der Waals surface area contributed by atoms with E-state index in [-0.39, 0.29) is 25.9 Å². The highest BCUT2D eigenvalue weighted by atomic mass is 16.5. The van der Waals surface area contributed by atoms with Crippen LogP contribution in [0.4, 0.5) is 0 Å². The summed E-state index contributed by atoms with van der Waals surface area (Å²) in [6, 6.07) is 0. The minimum Gasteiger partial charge on any atom is -0.394 e. The van der Waals surface area contributed by atoms with Gasteiger partial charge >= 0.3 is 0 Å². The maximum Gasteiger partial charge on any atom is 0.104 e. The lowest BCUT2D eigenvalue weighted by Crippen LogP contribution is -2.28. The van der Waals surface area contributed by atoms with E-state index in [1.165, 1.54) is 0 Å².